The van der Waals surface area contributed by atoms with Gasteiger partial charge in [-0.15, -0.1) is 0 Å². The van der Waals surface area contributed by atoms with Crippen LogP contribution in [0.25, 0.3) is 10.6 Å². The van der Waals surface area contributed by atoms with E-state index in [-0.39, 0.29) is 0 Å². The maximum Gasteiger partial charge on any atom is 0.203 e. The zero-order valence-electron chi connectivity index (χ0n) is 7.29. The average molecular weight is 381 g/mol. The molecule has 0 fully saturated rings. The molecule has 2 rings (SSSR count). The predicted octanol–water partition coefficient (Wildman–Crippen LogP) is 3.88. The highest BCUT2D eigenvalue weighted by Crippen LogP contribution is 2.26. The van der Waals surface area contributed by atoms with E-state index in [0.29, 0.717) is 0 Å². The van der Waals surface area contributed by atoms with Gasteiger partial charge in [0.1, 0.15) is 5.01 Å². The highest BCUT2D eigenvalue weighted by molar-refractivity contribution is 14.1. The largest absolute Gasteiger partial charge is 0.210 e. The summed E-state index contributed by atoms with van der Waals surface area (Å²) in [7, 11) is 0. The average Bonchev–Trinajstić information content (AvgIpc) is 2.50. The molecule has 1 aromatic carbocycles. The fourth-order valence-corrected chi connectivity index (χ4v) is 3.04. The van der Waals surface area contributed by atoms with Gasteiger partial charge in [-0.05, 0) is 42.2 Å². The molecule has 0 atom stereocenters. The number of aryl methyl sites for hydroxylation is 1. The molecular weight excluding hydrogens is 375 g/mol. The first-order chi connectivity index (χ1) is 6.65. The molecule has 0 amide bonds. The van der Waals surface area contributed by atoms with Crippen molar-refractivity contribution in [2.24, 2.45) is 0 Å². The summed E-state index contributed by atoms with van der Waals surface area (Å²) in [4.78, 5) is 4.34. The zero-order chi connectivity index (χ0) is 10.1. The van der Waals surface area contributed by atoms with Crippen LogP contribution in [0.4, 0.5) is 0 Å². The van der Waals surface area contributed by atoms with Crippen molar-refractivity contribution >= 4 is 50.1 Å². The first kappa shape index (κ1) is 10.5. The van der Waals surface area contributed by atoms with Gasteiger partial charge >= 0.3 is 0 Å². The van der Waals surface area contributed by atoms with Crippen molar-refractivity contribution in [3.63, 3.8) is 0 Å². The van der Waals surface area contributed by atoms with E-state index in [0.717, 1.165) is 18.9 Å². The molecular formula is C9H6BrIN2S. The van der Waals surface area contributed by atoms with E-state index in [4.69, 9.17) is 0 Å². The van der Waals surface area contributed by atoms with Gasteiger partial charge in [0, 0.05) is 32.6 Å². The second-order valence-corrected chi connectivity index (χ2v) is 5.52. The second-order valence-electron chi connectivity index (χ2n) is 2.89. The Kier molecular flexibility index (Phi) is 3.18. The lowest BCUT2D eigenvalue weighted by atomic mass is 10.1. The fraction of sp³-hybridized carbons (Fsp3) is 0.111. The van der Waals surface area contributed by atoms with Crippen molar-refractivity contribution in [2.75, 3.05) is 0 Å². The van der Waals surface area contributed by atoms with E-state index >= 15 is 0 Å². The Hall–Kier alpha value is -0.0100. The molecule has 0 bridgehead atoms. The van der Waals surface area contributed by atoms with Crippen molar-refractivity contribution in [1.82, 2.24) is 9.36 Å². The minimum absolute atomic E-state index is 0.806. The molecule has 1 heterocycles. The lowest BCUT2D eigenvalue weighted by Gasteiger charge is -1.99. The van der Waals surface area contributed by atoms with Crippen molar-refractivity contribution in [2.45, 2.75) is 6.92 Å². The number of benzene rings is 1. The van der Waals surface area contributed by atoms with Crippen molar-refractivity contribution in [3.8, 4) is 10.6 Å². The molecule has 0 aliphatic rings. The number of aromatic nitrogens is 2. The van der Waals surface area contributed by atoms with Gasteiger partial charge < -0.3 is 0 Å². The lowest BCUT2D eigenvalue weighted by molar-refractivity contribution is 1.25. The van der Waals surface area contributed by atoms with Gasteiger partial charge in [-0.3, -0.25) is 0 Å². The molecule has 2 aromatic rings. The van der Waals surface area contributed by atoms with Crippen LogP contribution in [0.15, 0.2) is 22.7 Å². The second kappa shape index (κ2) is 4.24. The fourth-order valence-electron chi connectivity index (χ4n) is 1.18. The van der Waals surface area contributed by atoms with E-state index in [9.17, 15) is 0 Å². The Balaban J connectivity index is 2.51. The zero-order valence-corrected chi connectivity index (χ0v) is 11.9. The maximum absolute atomic E-state index is 4.34. The lowest BCUT2D eigenvalue weighted by Crippen LogP contribution is -1.80. The smallest absolute Gasteiger partial charge is 0.203 e. The van der Waals surface area contributed by atoms with Crippen molar-refractivity contribution in [3.05, 3.63) is 32.1 Å². The molecule has 14 heavy (non-hydrogen) atoms. The van der Waals surface area contributed by atoms with Crippen LogP contribution < -0.4 is 0 Å². The summed E-state index contributed by atoms with van der Waals surface area (Å²) in [6.45, 7) is 2.07. The summed E-state index contributed by atoms with van der Waals surface area (Å²) >= 11 is 7.02. The molecule has 72 valence electrons. The predicted molar refractivity (Wildman–Crippen MR) is 70.5 cm³/mol. The van der Waals surface area contributed by atoms with Crippen LogP contribution in [0.5, 0.6) is 0 Å². The summed E-state index contributed by atoms with van der Waals surface area (Å²) in [5.41, 5.74) is 2.34. The number of rotatable bonds is 1. The SMILES string of the molecule is Cc1cc(Br)cc(-c2nc(I)ns2)c1. The summed E-state index contributed by atoms with van der Waals surface area (Å²) in [6, 6.07) is 6.25. The first-order valence-corrected chi connectivity index (χ1v) is 6.56. The van der Waals surface area contributed by atoms with Crippen LogP contribution in [0, 0.1) is 10.8 Å². The highest BCUT2D eigenvalue weighted by Gasteiger charge is 2.05. The van der Waals surface area contributed by atoms with E-state index in [1.54, 1.807) is 0 Å². The van der Waals surface area contributed by atoms with Gasteiger partial charge in [0.15, 0.2) is 0 Å². The molecule has 0 saturated carbocycles. The third-order valence-electron chi connectivity index (χ3n) is 1.69. The van der Waals surface area contributed by atoms with Gasteiger partial charge in [0.2, 0.25) is 3.83 Å². The first-order valence-electron chi connectivity index (χ1n) is 3.92. The van der Waals surface area contributed by atoms with Crippen LogP contribution in [0.3, 0.4) is 0 Å². The molecule has 0 aliphatic carbocycles. The molecule has 5 heteroatoms. The minimum atomic E-state index is 0.806. The number of hydrogen-bond donors (Lipinski definition) is 0. The van der Waals surface area contributed by atoms with Crippen LogP contribution >= 0.6 is 50.1 Å². The summed E-state index contributed by atoms with van der Waals surface area (Å²) < 4.78 is 6.04. The third kappa shape index (κ3) is 2.32. The highest BCUT2D eigenvalue weighted by atomic mass is 127. The Morgan fingerprint density at radius 3 is 2.71 bits per heavy atom. The van der Waals surface area contributed by atoms with Crippen LogP contribution in [0.2, 0.25) is 0 Å². The van der Waals surface area contributed by atoms with E-state index < -0.39 is 0 Å². The van der Waals surface area contributed by atoms with E-state index in [1.165, 1.54) is 17.1 Å². The standard InChI is InChI=1S/C9H6BrIN2S/c1-5-2-6(4-7(10)3-5)8-12-9(11)13-14-8/h2-4H,1H3. The number of hydrogen-bond acceptors (Lipinski definition) is 3. The van der Waals surface area contributed by atoms with Gasteiger partial charge in [0.25, 0.3) is 0 Å². The number of nitrogens with zero attached hydrogens (tertiary/aromatic N) is 2. The molecule has 1 aromatic heterocycles. The van der Waals surface area contributed by atoms with Crippen molar-refractivity contribution in [1.29, 1.82) is 0 Å². The molecule has 2 nitrogen and oxygen atoms in total. The number of halogens is 2. The third-order valence-corrected chi connectivity index (χ3v) is 3.72. The van der Waals surface area contributed by atoms with Crippen LogP contribution in [0.1, 0.15) is 5.56 Å². The molecule has 0 aliphatic heterocycles. The molecule has 0 spiro atoms. The Morgan fingerprint density at radius 2 is 2.14 bits per heavy atom. The molecule has 0 radical (unpaired) electrons. The Morgan fingerprint density at radius 1 is 1.36 bits per heavy atom. The normalized spacial score (nSPS) is 10.5. The molecule has 0 unspecified atom stereocenters. The van der Waals surface area contributed by atoms with Gasteiger partial charge in [0.05, 0.1) is 0 Å². The quantitative estimate of drug-likeness (QED) is 0.701. The van der Waals surface area contributed by atoms with E-state index in [2.05, 4.69) is 73.0 Å². The minimum Gasteiger partial charge on any atom is -0.210 e. The monoisotopic (exact) mass is 380 g/mol. The van der Waals surface area contributed by atoms with Crippen LogP contribution in [-0.2, 0) is 0 Å². The van der Waals surface area contributed by atoms with E-state index in [1.807, 2.05) is 0 Å². The van der Waals surface area contributed by atoms with Crippen LogP contribution in [-0.4, -0.2) is 9.36 Å². The summed E-state index contributed by atoms with van der Waals surface area (Å²) in [6.07, 6.45) is 0. The molecule has 0 saturated heterocycles. The maximum atomic E-state index is 4.34. The van der Waals surface area contributed by atoms with Crippen molar-refractivity contribution < 1.29 is 0 Å². The Bertz CT molecular complexity index is 449. The van der Waals surface area contributed by atoms with Gasteiger partial charge in [-0.1, -0.05) is 15.9 Å². The van der Waals surface area contributed by atoms with Gasteiger partial charge in [-0.25, -0.2) is 4.98 Å². The summed E-state index contributed by atoms with van der Waals surface area (Å²) in [5.74, 6) is 0. The topological polar surface area (TPSA) is 25.8 Å². The molecule has 0 N–H and O–H groups in total. The van der Waals surface area contributed by atoms with Gasteiger partial charge in [-0.2, -0.15) is 4.37 Å². The summed E-state index contributed by atoms with van der Waals surface area (Å²) in [5, 5.41) is 0.971. The Labute approximate surface area is 108 Å².